The van der Waals surface area contributed by atoms with E-state index in [0.717, 1.165) is 15.5 Å². The van der Waals surface area contributed by atoms with Crippen LogP contribution in [0, 0.1) is 6.92 Å². The standard InChI is InChI=1S/C12H10Cl2N2S/c1-7-4-10(15)9(14)5-11(7)17-12-3-2-8(13)6-16-12/h2-6H,15H2,1H3. The van der Waals surface area contributed by atoms with Crippen LogP contribution in [-0.2, 0) is 0 Å². The Morgan fingerprint density at radius 3 is 2.65 bits per heavy atom. The lowest BCUT2D eigenvalue weighted by Crippen LogP contribution is -1.90. The average Bonchev–Trinajstić information content (AvgIpc) is 2.29. The molecule has 2 aromatic rings. The maximum Gasteiger partial charge on any atom is 0.101 e. The van der Waals surface area contributed by atoms with Crippen LogP contribution in [0.15, 0.2) is 40.4 Å². The summed E-state index contributed by atoms with van der Waals surface area (Å²) in [6.45, 7) is 1.99. The molecule has 0 atom stereocenters. The largest absolute Gasteiger partial charge is 0.398 e. The Hall–Kier alpha value is -0.900. The van der Waals surface area contributed by atoms with Gasteiger partial charge in [0.05, 0.1) is 15.7 Å². The van der Waals surface area contributed by atoms with Gasteiger partial charge in [0.15, 0.2) is 0 Å². The smallest absolute Gasteiger partial charge is 0.101 e. The van der Waals surface area contributed by atoms with E-state index in [2.05, 4.69) is 4.98 Å². The monoisotopic (exact) mass is 284 g/mol. The number of nitrogens with two attached hydrogens (primary N) is 1. The summed E-state index contributed by atoms with van der Waals surface area (Å²) in [6, 6.07) is 7.40. The van der Waals surface area contributed by atoms with Crippen molar-refractivity contribution in [3.8, 4) is 0 Å². The Morgan fingerprint density at radius 1 is 1.24 bits per heavy atom. The van der Waals surface area contributed by atoms with Crippen LogP contribution < -0.4 is 5.73 Å². The second-order valence-corrected chi connectivity index (χ2v) is 5.46. The molecule has 2 N–H and O–H groups in total. The molecular formula is C12H10Cl2N2S. The average molecular weight is 285 g/mol. The van der Waals surface area contributed by atoms with Crippen molar-refractivity contribution in [2.75, 3.05) is 5.73 Å². The van der Waals surface area contributed by atoms with Crippen LogP contribution in [0.1, 0.15) is 5.56 Å². The van der Waals surface area contributed by atoms with Crippen LogP contribution >= 0.6 is 35.0 Å². The molecule has 0 saturated heterocycles. The quantitative estimate of drug-likeness (QED) is 0.829. The Morgan fingerprint density at radius 2 is 2.00 bits per heavy atom. The van der Waals surface area contributed by atoms with E-state index in [0.29, 0.717) is 15.7 Å². The first kappa shape index (κ1) is 12.6. The number of halogens is 2. The number of hydrogen-bond donors (Lipinski definition) is 1. The van der Waals surface area contributed by atoms with Gasteiger partial charge in [-0.3, -0.25) is 0 Å². The molecule has 0 saturated carbocycles. The SMILES string of the molecule is Cc1cc(N)c(Cl)cc1Sc1ccc(Cl)cn1. The van der Waals surface area contributed by atoms with E-state index in [4.69, 9.17) is 28.9 Å². The number of aromatic nitrogens is 1. The summed E-state index contributed by atoms with van der Waals surface area (Å²) in [5.74, 6) is 0. The van der Waals surface area contributed by atoms with Gasteiger partial charge < -0.3 is 5.73 Å². The van der Waals surface area contributed by atoms with Gasteiger partial charge in [-0.25, -0.2) is 4.98 Å². The number of nitrogen functional groups attached to an aromatic ring is 1. The predicted molar refractivity (Wildman–Crippen MR) is 74.0 cm³/mol. The number of pyridine rings is 1. The van der Waals surface area contributed by atoms with Crippen molar-refractivity contribution in [2.24, 2.45) is 0 Å². The maximum atomic E-state index is 6.00. The van der Waals surface area contributed by atoms with Crippen LogP contribution in [0.4, 0.5) is 5.69 Å². The van der Waals surface area contributed by atoms with E-state index < -0.39 is 0 Å². The number of benzene rings is 1. The molecule has 1 aromatic heterocycles. The topological polar surface area (TPSA) is 38.9 Å². The van der Waals surface area contributed by atoms with Gasteiger partial charge in [0.2, 0.25) is 0 Å². The van der Waals surface area contributed by atoms with Crippen LogP contribution in [0.25, 0.3) is 0 Å². The van der Waals surface area contributed by atoms with Crippen molar-refractivity contribution in [1.29, 1.82) is 0 Å². The van der Waals surface area contributed by atoms with E-state index in [9.17, 15) is 0 Å². The first-order valence-electron chi connectivity index (χ1n) is 4.91. The number of rotatable bonds is 2. The summed E-state index contributed by atoms with van der Waals surface area (Å²) >= 11 is 13.3. The molecule has 0 amide bonds. The van der Waals surface area contributed by atoms with Gasteiger partial charge in [-0.2, -0.15) is 0 Å². The summed E-state index contributed by atoms with van der Waals surface area (Å²) in [7, 11) is 0. The van der Waals surface area contributed by atoms with Crippen molar-refractivity contribution >= 4 is 40.7 Å². The van der Waals surface area contributed by atoms with Gasteiger partial charge in [0.1, 0.15) is 5.03 Å². The highest BCUT2D eigenvalue weighted by Crippen LogP contribution is 2.33. The molecule has 2 nitrogen and oxygen atoms in total. The fraction of sp³-hybridized carbons (Fsp3) is 0.0833. The van der Waals surface area contributed by atoms with Crippen LogP contribution in [0.5, 0.6) is 0 Å². The molecule has 0 radical (unpaired) electrons. The Labute approximate surface area is 114 Å². The Bertz CT molecular complexity index is 541. The van der Waals surface area contributed by atoms with Gasteiger partial charge in [-0.15, -0.1) is 0 Å². The summed E-state index contributed by atoms with van der Waals surface area (Å²) in [6.07, 6.45) is 1.62. The molecule has 0 unspecified atom stereocenters. The highest BCUT2D eigenvalue weighted by atomic mass is 35.5. The summed E-state index contributed by atoms with van der Waals surface area (Å²) in [5, 5.41) is 2.06. The highest BCUT2D eigenvalue weighted by Gasteiger charge is 2.06. The lowest BCUT2D eigenvalue weighted by Gasteiger charge is -2.07. The molecule has 5 heteroatoms. The summed E-state index contributed by atoms with van der Waals surface area (Å²) in [4.78, 5) is 5.26. The second kappa shape index (κ2) is 5.17. The third-order valence-electron chi connectivity index (χ3n) is 2.21. The van der Waals surface area contributed by atoms with E-state index >= 15 is 0 Å². The van der Waals surface area contributed by atoms with Gasteiger partial charge in [-0.05, 0) is 36.8 Å². The van der Waals surface area contributed by atoms with Crippen molar-refractivity contribution in [1.82, 2.24) is 4.98 Å². The molecular weight excluding hydrogens is 275 g/mol. The molecule has 0 bridgehead atoms. The minimum atomic E-state index is 0.562. The minimum Gasteiger partial charge on any atom is -0.398 e. The zero-order valence-corrected chi connectivity index (χ0v) is 11.4. The normalized spacial score (nSPS) is 10.5. The molecule has 88 valence electrons. The molecule has 0 aliphatic rings. The van der Waals surface area contributed by atoms with E-state index in [-0.39, 0.29) is 0 Å². The van der Waals surface area contributed by atoms with E-state index in [1.54, 1.807) is 6.20 Å². The van der Waals surface area contributed by atoms with Crippen molar-refractivity contribution < 1.29 is 0 Å². The Kier molecular flexibility index (Phi) is 3.82. The highest BCUT2D eigenvalue weighted by molar-refractivity contribution is 7.99. The molecule has 0 aliphatic heterocycles. The number of aryl methyl sites for hydroxylation is 1. The fourth-order valence-corrected chi connectivity index (χ4v) is 2.53. The molecule has 0 fully saturated rings. The number of anilines is 1. The third kappa shape index (κ3) is 3.06. The van der Waals surface area contributed by atoms with E-state index in [1.807, 2.05) is 31.2 Å². The number of hydrogen-bond acceptors (Lipinski definition) is 3. The maximum absolute atomic E-state index is 6.00. The van der Waals surface area contributed by atoms with Gasteiger partial charge in [0.25, 0.3) is 0 Å². The van der Waals surface area contributed by atoms with Gasteiger partial charge >= 0.3 is 0 Å². The van der Waals surface area contributed by atoms with Gasteiger partial charge in [0, 0.05) is 11.1 Å². The van der Waals surface area contributed by atoms with Gasteiger partial charge in [-0.1, -0.05) is 35.0 Å². The lowest BCUT2D eigenvalue weighted by molar-refractivity contribution is 1.13. The zero-order valence-electron chi connectivity index (χ0n) is 9.08. The molecule has 17 heavy (non-hydrogen) atoms. The van der Waals surface area contributed by atoms with Crippen LogP contribution in [0.2, 0.25) is 10.0 Å². The predicted octanol–water partition coefficient (Wildman–Crippen LogP) is 4.43. The summed E-state index contributed by atoms with van der Waals surface area (Å²) < 4.78 is 0. The lowest BCUT2D eigenvalue weighted by atomic mass is 10.2. The van der Waals surface area contributed by atoms with Crippen molar-refractivity contribution in [3.05, 3.63) is 46.1 Å². The van der Waals surface area contributed by atoms with E-state index in [1.165, 1.54) is 11.8 Å². The molecule has 1 heterocycles. The minimum absolute atomic E-state index is 0.562. The first-order chi connectivity index (χ1) is 8.06. The van der Waals surface area contributed by atoms with Crippen molar-refractivity contribution in [3.63, 3.8) is 0 Å². The molecule has 1 aromatic carbocycles. The molecule has 0 aliphatic carbocycles. The van der Waals surface area contributed by atoms with Crippen LogP contribution in [0.3, 0.4) is 0 Å². The fourth-order valence-electron chi connectivity index (χ4n) is 1.33. The zero-order chi connectivity index (χ0) is 12.4. The first-order valence-corrected chi connectivity index (χ1v) is 6.48. The second-order valence-electron chi connectivity index (χ2n) is 3.56. The third-order valence-corrected chi connectivity index (χ3v) is 3.87. The summed E-state index contributed by atoms with van der Waals surface area (Å²) in [5.41, 5.74) is 7.40. The molecule has 2 rings (SSSR count). The number of nitrogens with zero attached hydrogens (tertiary/aromatic N) is 1. The molecule has 0 spiro atoms. The Balaban J connectivity index is 2.30. The van der Waals surface area contributed by atoms with Crippen molar-refractivity contribution in [2.45, 2.75) is 16.8 Å². The van der Waals surface area contributed by atoms with Crippen LogP contribution in [-0.4, -0.2) is 4.98 Å².